The van der Waals surface area contributed by atoms with E-state index in [1.54, 1.807) is 0 Å². The van der Waals surface area contributed by atoms with Crippen molar-refractivity contribution in [3.05, 3.63) is 0 Å². The number of primary amides is 1. The van der Waals surface area contributed by atoms with Crippen LogP contribution >= 0.6 is 0 Å². The van der Waals surface area contributed by atoms with E-state index < -0.39 is 0 Å². The Balaban J connectivity index is 1.36. The van der Waals surface area contributed by atoms with Crippen LogP contribution in [0.4, 0.5) is 0 Å². The van der Waals surface area contributed by atoms with Crippen molar-refractivity contribution in [2.45, 2.75) is 101 Å². The van der Waals surface area contributed by atoms with Crippen LogP contribution in [0.25, 0.3) is 0 Å². The van der Waals surface area contributed by atoms with Gasteiger partial charge < -0.3 is 21.7 Å². The van der Waals surface area contributed by atoms with Gasteiger partial charge in [0, 0.05) is 30.6 Å². The van der Waals surface area contributed by atoms with Crippen molar-refractivity contribution in [3.8, 4) is 0 Å². The van der Waals surface area contributed by atoms with E-state index in [9.17, 15) is 9.59 Å². The van der Waals surface area contributed by atoms with Crippen molar-refractivity contribution in [2.75, 3.05) is 0 Å². The number of carbonyl (C=O) groups excluding carboxylic acids is 2. The molecule has 5 N–H and O–H groups in total. The second kappa shape index (κ2) is 8.08. The summed E-state index contributed by atoms with van der Waals surface area (Å²) in [4.78, 5) is 24.4. The summed E-state index contributed by atoms with van der Waals surface area (Å²) in [6, 6.07) is 1.10. The van der Waals surface area contributed by atoms with Gasteiger partial charge in [-0.15, -0.1) is 0 Å². The van der Waals surface area contributed by atoms with Gasteiger partial charge in [0.1, 0.15) is 0 Å². The molecule has 0 aromatic rings. The zero-order valence-electron chi connectivity index (χ0n) is 16.6. The number of nitrogens with one attached hydrogen (secondary N) is 3. The summed E-state index contributed by atoms with van der Waals surface area (Å²) in [6.45, 7) is 2.32. The first-order valence-corrected chi connectivity index (χ1v) is 11.1. The van der Waals surface area contributed by atoms with Crippen molar-refractivity contribution in [2.24, 2.45) is 23.5 Å². The third kappa shape index (κ3) is 4.48. The fourth-order valence-corrected chi connectivity index (χ4v) is 5.88. The summed E-state index contributed by atoms with van der Waals surface area (Å²) in [5.41, 5.74) is 5.39. The number of carbonyl (C=O) groups is 2. The zero-order valence-corrected chi connectivity index (χ0v) is 16.6. The summed E-state index contributed by atoms with van der Waals surface area (Å²) in [5, 5.41) is 10.7. The van der Waals surface area contributed by atoms with Crippen LogP contribution in [0, 0.1) is 17.8 Å². The molecule has 0 bridgehead atoms. The van der Waals surface area contributed by atoms with Crippen LogP contribution < -0.4 is 21.7 Å². The zero-order chi connectivity index (χ0) is 19.0. The van der Waals surface area contributed by atoms with Crippen molar-refractivity contribution in [1.82, 2.24) is 16.0 Å². The average Bonchev–Trinajstić information content (AvgIpc) is 3.37. The first-order valence-electron chi connectivity index (χ1n) is 11.1. The maximum Gasteiger partial charge on any atom is 0.237 e. The second-order valence-corrected chi connectivity index (χ2v) is 9.59. The Morgan fingerprint density at radius 3 is 2.56 bits per heavy atom. The molecule has 7 unspecified atom stereocenters. The fraction of sp³-hybridized carbons (Fsp3) is 0.905. The quantitative estimate of drug-likeness (QED) is 0.564. The molecule has 0 aromatic carbocycles. The smallest absolute Gasteiger partial charge is 0.237 e. The van der Waals surface area contributed by atoms with Gasteiger partial charge in [0.05, 0.1) is 6.04 Å². The number of rotatable bonds is 6. The molecule has 0 radical (unpaired) electrons. The van der Waals surface area contributed by atoms with Crippen LogP contribution in [0.3, 0.4) is 0 Å². The molecular weight excluding hydrogens is 340 g/mol. The van der Waals surface area contributed by atoms with Crippen molar-refractivity contribution in [3.63, 3.8) is 0 Å². The van der Waals surface area contributed by atoms with Crippen molar-refractivity contribution in [1.29, 1.82) is 0 Å². The van der Waals surface area contributed by atoms with Crippen LogP contribution in [-0.2, 0) is 9.59 Å². The number of amides is 2. The Morgan fingerprint density at radius 1 is 1.07 bits per heavy atom. The molecule has 4 aliphatic rings. The lowest BCUT2D eigenvalue weighted by Gasteiger charge is -2.37. The summed E-state index contributed by atoms with van der Waals surface area (Å²) < 4.78 is 0. The van der Waals surface area contributed by atoms with E-state index in [1.807, 2.05) is 0 Å². The van der Waals surface area contributed by atoms with Crippen molar-refractivity contribution < 1.29 is 9.59 Å². The SMILES string of the molecule is CC1CCCC2CC(C(=O)NC(C3CC3)C3CCCC(CC(N)=O)N3)NC12. The highest BCUT2D eigenvalue weighted by Gasteiger charge is 2.44. The highest BCUT2D eigenvalue weighted by molar-refractivity contribution is 5.82. The van der Waals surface area contributed by atoms with Gasteiger partial charge in [-0.2, -0.15) is 0 Å². The number of nitrogens with two attached hydrogens (primary N) is 1. The van der Waals surface area contributed by atoms with Gasteiger partial charge in [0.15, 0.2) is 0 Å². The van der Waals surface area contributed by atoms with E-state index in [4.69, 9.17) is 5.73 Å². The predicted molar refractivity (Wildman–Crippen MR) is 105 cm³/mol. The molecule has 6 heteroatoms. The third-order valence-corrected chi connectivity index (χ3v) is 7.44. The molecule has 27 heavy (non-hydrogen) atoms. The summed E-state index contributed by atoms with van der Waals surface area (Å²) >= 11 is 0. The number of hydrogen-bond acceptors (Lipinski definition) is 4. The van der Waals surface area contributed by atoms with Gasteiger partial charge in [-0.1, -0.05) is 19.8 Å². The lowest BCUT2D eigenvalue weighted by Crippen LogP contribution is -2.58. The Hall–Kier alpha value is -1.14. The van der Waals surface area contributed by atoms with E-state index in [1.165, 1.54) is 32.1 Å². The lowest BCUT2D eigenvalue weighted by molar-refractivity contribution is -0.124. The molecule has 2 aliphatic heterocycles. The molecule has 2 heterocycles. The van der Waals surface area contributed by atoms with Gasteiger partial charge in [-0.25, -0.2) is 0 Å². The van der Waals surface area contributed by atoms with Crippen molar-refractivity contribution >= 4 is 11.8 Å². The van der Waals surface area contributed by atoms with Gasteiger partial charge in [0.25, 0.3) is 0 Å². The minimum absolute atomic E-state index is 0.0354. The van der Waals surface area contributed by atoms with Gasteiger partial charge in [-0.3, -0.25) is 9.59 Å². The standard InChI is InChI=1S/C21H36N4O2/c1-12-4-2-5-14-10-17(24-19(12)14)21(27)25-20(13-8-9-13)16-7-3-6-15(23-16)11-18(22)26/h12-17,19-20,23-24H,2-11H2,1H3,(H2,22,26)(H,25,27). The Morgan fingerprint density at radius 2 is 1.85 bits per heavy atom. The van der Waals surface area contributed by atoms with Gasteiger partial charge >= 0.3 is 0 Å². The largest absolute Gasteiger partial charge is 0.370 e. The monoisotopic (exact) mass is 376 g/mol. The van der Waals surface area contributed by atoms with E-state index in [2.05, 4.69) is 22.9 Å². The fourth-order valence-electron chi connectivity index (χ4n) is 5.88. The van der Waals surface area contributed by atoms with Crippen LogP contribution in [0.2, 0.25) is 0 Å². The Labute approximate surface area is 162 Å². The topological polar surface area (TPSA) is 96.2 Å². The molecule has 2 saturated carbocycles. The van der Waals surface area contributed by atoms with Gasteiger partial charge in [0.2, 0.25) is 11.8 Å². The normalized spacial score (nSPS) is 40.2. The predicted octanol–water partition coefficient (Wildman–Crippen LogP) is 1.43. The average molecular weight is 377 g/mol. The van der Waals surface area contributed by atoms with E-state index in [-0.39, 0.29) is 36.0 Å². The maximum absolute atomic E-state index is 13.1. The molecule has 152 valence electrons. The second-order valence-electron chi connectivity index (χ2n) is 9.59. The Bertz CT molecular complexity index is 564. The minimum atomic E-state index is -0.243. The molecule has 2 aliphatic carbocycles. The first kappa shape index (κ1) is 19.2. The third-order valence-electron chi connectivity index (χ3n) is 7.44. The summed E-state index contributed by atoms with van der Waals surface area (Å²) in [6.07, 6.45) is 10.8. The molecule has 0 spiro atoms. The maximum atomic E-state index is 13.1. The van der Waals surface area contributed by atoms with Crippen LogP contribution in [0.5, 0.6) is 0 Å². The Kier molecular flexibility index (Phi) is 5.74. The molecule has 0 aromatic heterocycles. The minimum Gasteiger partial charge on any atom is -0.370 e. The van der Waals surface area contributed by atoms with Gasteiger partial charge in [-0.05, 0) is 62.7 Å². The molecule has 2 saturated heterocycles. The molecule has 7 atom stereocenters. The van der Waals surface area contributed by atoms with E-state index in [0.29, 0.717) is 30.2 Å². The molecule has 6 nitrogen and oxygen atoms in total. The highest BCUT2D eigenvalue weighted by atomic mass is 16.2. The molecule has 4 rings (SSSR count). The van der Waals surface area contributed by atoms with Crippen LogP contribution in [-0.4, -0.2) is 42.0 Å². The van der Waals surface area contributed by atoms with Crippen LogP contribution in [0.1, 0.15) is 71.1 Å². The first-order chi connectivity index (χ1) is 13.0. The summed E-state index contributed by atoms with van der Waals surface area (Å²) in [7, 11) is 0. The highest BCUT2D eigenvalue weighted by Crippen LogP contribution is 2.38. The summed E-state index contributed by atoms with van der Waals surface area (Å²) in [5.74, 6) is 1.87. The number of hydrogen-bond donors (Lipinski definition) is 4. The number of piperidine rings is 1. The van der Waals surface area contributed by atoms with Crippen LogP contribution in [0.15, 0.2) is 0 Å². The number of fused-ring (bicyclic) bond motifs is 1. The lowest BCUT2D eigenvalue weighted by atomic mass is 9.78. The van der Waals surface area contributed by atoms with E-state index >= 15 is 0 Å². The van der Waals surface area contributed by atoms with E-state index in [0.717, 1.165) is 25.7 Å². The molecule has 2 amide bonds. The molecule has 4 fully saturated rings. The molecular formula is C21H36N4O2.